The van der Waals surface area contributed by atoms with Gasteiger partial charge in [-0.1, -0.05) is 56.3 Å². The number of benzene rings is 3. The number of carbonyl (C=O) groups excluding carboxylic acids is 1. The predicted molar refractivity (Wildman–Crippen MR) is 181 cm³/mol. The lowest BCUT2D eigenvalue weighted by Gasteiger charge is -2.32. The number of aliphatic hydroxyl groups is 1. The minimum absolute atomic E-state index is 0.0583. The molecule has 3 heterocycles. The van der Waals surface area contributed by atoms with Crippen LogP contribution in [0, 0.1) is 17.6 Å². The smallest absolute Gasteiger partial charge is 0.308 e. The predicted octanol–water partition coefficient (Wildman–Crippen LogP) is 7.32. The van der Waals surface area contributed by atoms with Crippen molar-refractivity contribution >= 4 is 16.0 Å². The van der Waals surface area contributed by atoms with Gasteiger partial charge in [-0.25, -0.2) is 17.2 Å². The van der Waals surface area contributed by atoms with Crippen LogP contribution in [0.2, 0.25) is 0 Å². The van der Waals surface area contributed by atoms with Gasteiger partial charge in [-0.15, -0.1) is 0 Å². The molecule has 1 N–H and O–H groups in total. The van der Waals surface area contributed by atoms with Gasteiger partial charge in [0.15, 0.2) is 0 Å². The highest BCUT2D eigenvalue weighted by molar-refractivity contribution is 7.89. The van der Waals surface area contributed by atoms with Gasteiger partial charge in [-0.05, 0) is 84.2 Å². The highest BCUT2D eigenvalue weighted by Gasteiger charge is 2.39. The minimum atomic E-state index is -4.08. The first-order chi connectivity index (χ1) is 23.0. The van der Waals surface area contributed by atoms with E-state index in [9.17, 15) is 27.1 Å². The number of nitrogens with zero attached hydrogens (tertiary/aromatic N) is 2. The first kappa shape index (κ1) is 34.0. The fourth-order valence-corrected chi connectivity index (χ4v) is 9.25. The molecule has 0 saturated carbocycles. The highest BCUT2D eigenvalue weighted by atomic mass is 32.2. The molecule has 254 valence electrons. The molecule has 10 heteroatoms. The fraction of sp³-hybridized carbons (Fsp3) is 0.395. The van der Waals surface area contributed by atoms with E-state index in [0.717, 1.165) is 19.3 Å². The molecule has 2 fully saturated rings. The summed E-state index contributed by atoms with van der Waals surface area (Å²) in [5.41, 5.74) is 3.91. The summed E-state index contributed by atoms with van der Waals surface area (Å²) in [4.78, 5) is 12.3. The van der Waals surface area contributed by atoms with Crippen LogP contribution in [-0.2, 0) is 32.5 Å². The van der Waals surface area contributed by atoms with Crippen molar-refractivity contribution in [3.63, 3.8) is 0 Å². The van der Waals surface area contributed by atoms with Crippen LogP contribution in [0.4, 0.5) is 8.78 Å². The molecule has 0 aliphatic carbocycles. The van der Waals surface area contributed by atoms with Crippen molar-refractivity contribution in [2.75, 3.05) is 13.1 Å². The number of hydrogen-bond donors (Lipinski definition) is 1. The summed E-state index contributed by atoms with van der Waals surface area (Å²) in [7, 11) is -4.08. The average Bonchev–Trinajstić information content (AvgIpc) is 3.41. The Morgan fingerprint density at radius 1 is 0.896 bits per heavy atom. The molecule has 0 unspecified atom stereocenters. The number of cyclic esters (lactones) is 1. The summed E-state index contributed by atoms with van der Waals surface area (Å²) >= 11 is 0. The fourth-order valence-electron chi connectivity index (χ4n) is 7.21. The van der Waals surface area contributed by atoms with Gasteiger partial charge < -0.3 is 14.4 Å². The lowest BCUT2D eigenvalue weighted by Crippen LogP contribution is -2.39. The molecule has 6 rings (SSSR count). The van der Waals surface area contributed by atoms with E-state index in [0.29, 0.717) is 53.5 Å². The van der Waals surface area contributed by atoms with Gasteiger partial charge in [-0.3, -0.25) is 4.79 Å². The van der Waals surface area contributed by atoms with Gasteiger partial charge >= 0.3 is 5.97 Å². The number of aromatic nitrogens is 1. The molecular weight excluding hydrogens is 634 g/mol. The molecule has 3 aromatic carbocycles. The summed E-state index contributed by atoms with van der Waals surface area (Å²) in [5, 5.41) is 10.3. The van der Waals surface area contributed by atoms with E-state index in [2.05, 4.69) is 12.1 Å². The average molecular weight is 677 g/mol. The summed E-state index contributed by atoms with van der Waals surface area (Å²) < 4.78 is 67.5. The van der Waals surface area contributed by atoms with Crippen molar-refractivity contribution in [3.05, 3.63) is 102 Å². The SMILES string of the molecule is CC(C)c1c(S(=O)(=O)N2CCC(Cc3ccccc3)CC2)c(-c2ccc(F)cc2)c(-c2ccc(F)cc2)n1CC[C@@H]1C[C@@H](O)CC(=O)O1. The van der Waals surface area contributed by atoms with E-state index in [4.69, 9.17) is 4.74 Å². The van der Waals surface area contributed by atoms with E-state index in [1.54, 1.807) is 28.6 Å². The van der Waals surface area contributed by atoms with E-state index in [1.807, 2.05) is 36.6 Å². The Morgan fingerprint density at radius 3 is 2.08 bits per heavy atom. The van der Waals surface area contributed by atoms with Crippen molar-refractivity contribution < 1.29 is 31.8 Å². The van der Waals surface area contributed by atoms with Gasteiger partial charge in [0.25, 0.3) is 0 Å². The number of aliphatic hydroxyl groups excluding tert-OH is 1. The van der Waals surface area contributed by atoms with Gasteiger partial charge in [-0.2, -0.15) is 4.31 Å². The summed E-state index contributed by atoms with van der Waals surface area (Å²) in [6, 6.07) is 21.9. The maximum absolute atomic E-state index is 15.0. The lowest BCUT2D eigenvalue weighted by atomic mass is 9.91. The molecule has 2 aliphatic rings. The Morgan fingerprint density at radius 2 is 1.50 bits per heavy atom. The Labute approximate surface area is 281 Å². The molecule has 2 atom stereocenters. The molecule has 48 heavy (non-hydrogen) atoms. The number of esters is 1. The molecule has 7 nitrogen and oxygen atoms in total. The van der Waals surface area contributed by atoms with Gasteiger partial charge in [0, 0.05) is 43.7 Å². The molecule has 0 amide bonds. The summed E-state index contributed by atoms with van der Waals surface area (Å²) in [6.07, 6.45) is 1.52. The second-order valence-electron chi connectivity index (χ2n) is 13.3. The lowest BCUT2D eigenvalue weighted by molar-refractivity contribution is -0.160. The standard InChI is InChI=1S/C38H42F2N2O5S/c1-25(2)36-38(48(45,46)41-19-16-27(17-20-41)22-26-6-4-3-5-7-26)35(28-8-12-30(39)13-9-28)37(29-10-14-31(40)15-11-29)42(36)21-18-33-23-32(43)24-34(44)47-33/h3-15,25,27,32-33,43H,16-24H2,1-2H3/t32-,33-/m1/s1. The van der Waals surface area contributed by atoms with Crippen LogP contribution in [0.5, 0.6) is 0 Å². The maximum Gasteiger partial charge on any atom is 0.308 e. The van der Waals surface area contributed by atoms with Crippen LogP contribution in [0.15, 0.2) is 83.8 Å². The van der Waals surface area contributed by atoms with Crippen LogP contribution < -0.4 is 0 Å². The highest BCUT2D eigenvalue weighted by Crippen LogP contribution is 2.46. The second-order valence-corrected chi connectivity index (χ2v) is 15.2. The molecule has 1 aromatic heterocycles. The first-order valence-corrected chi connectivity index (χ1v) is 18.1. The normalized spacial score (nSPS) is 19.5. The summed E-state index contributed by atoms with van der Waals surface area (Å²) in [6.45, 7) is 4.88. The molecule has 2 saturated heterocycles. The first-order valence-electron chi connectivity index (χ1n) is 16.7. The number of sulfonamides is 1. The zero-order chi connectivity index (χ0) is 34.0. The molecule has 2 aliphatic heterocycles. The molecular formula is C38H42F2N2O5S. The van der Waals surface area contributed by atoms with Crippen LogP contribution in [0.3, 0.4) is 0 Å². The van der Waals surface area contributed by atoms with Crippen molar-refractivity contribution in [1.82, 2.24) is 8.87 Å². The summed E-state index contributed by atoms with van der Waals surface area (Å²) in [5.74, 6) is -1.27. The van der Waals surface area contributed by atoms with E-state index in [-0.39, 0.29) is 30.2 Å². The number of rotatable bonds is 10. The van der Waals surface area contributed by atoms with Crippen molar-refractivity contribution in [2.24, 2.45) is 5.92 Å². The monoisotopic (exact) mass is 676 g/mol. The number of carbonyl (C=O) groups is 1. The van der Waals surface area contributed by atoms with Crippen molar-refractivity contribution in [2.45, 2.75) is 81.9 Å². The quantitative estimate of drug-likeness (QED) is 0.178. The Kier molecular flexibility index (Phi) is 10.1. The van der Waals surface area contributed by atoms with Crippen molar-refractivity contribution in [1.29, 1.82) is 0 Å². The zero-order valence-electron chi connectivity index (χ0n) is 27.3. The largest absolute Gasteiger partial charge is 0.462 e. The van der Waals surface area contributed by atoms with Gasteiger partial charge in [0.1, 0.15) is 22.6 Å². The third-order valence-electron chi connectivity index (χ3n) is 9.50. The van der Waals surface area contributed by atoms with Crippen LogP contribution in [0.1, 0.15) is 63.1 Å². The van der Waals surface area contributed by atoms with E-state index < -0.39 is 39.8 Å². The van der Waals surface area contributed by atoms with Crippen LogP contribution in [0.25, 0.3) is 22.4 Å². The molecule has 0 bridgehead atoms. The van der Waals surface area contributed by atoms with Crippen molar-refractivity contribution in [3.8, 4) is 22.4 Å². The number of hydrogen-bond acceptors (Lipinski definition) is 5. The number of ether oxygens (including phenoxy) is 1. The van der Waals surface area contributed by atoms with Crippen LogP contribution >= 0.6 is 0 Å². The Balaban J connectivity index is 1.47. The second kappa shape index (κ2) is 14.3. The minimum Gasteiger partial charge on any atom is -0.462 e. The number of halogens is 2. The van der Waals surface area contributed by atoms with E-state index >= 15 is 0 Å². The van der Waals surface area contributed by atoms with E-state index in [1.165, 1.54) is 29.8 Å². The Bertz CT molecular complexity index is 1830. The maximum atomic E-state index is 15.0. The van der Waals surface area contributed by atoms with Gasteiger partial charge in [0.2, 0.25) is 10.0 Å². The topological polar surface area (TPSA) is 88.8 Å². The molecule has 4 aromatic rings. The third-order valence-corrected chi connectivity index (χ3v) is 11.5. The molecule has 0 spiro atoms. The number of piperidine rings is 1. The Hall–Kier alpha value is -3.86. The molecule has 0 radical (unpaired) electrons. The van der Waals surface area contributed by atoms with Gasteiger partial charge in [0.05, 0.1) is 18.2 Å². The zero-order valence-corrected chi connectivity index (χ0v) is 28.1. The van der Waals surface area contributed by atoms with Crippen LogP contribution in [-0.4, -0.2) is 53.7 Å². The third kappa shape index (κ3) is 7.26.